The van der Waals surface area contributed by atoms with Crippen LogP contribution >= 0.6 is 23.4 Å². The summed E-state index contributed by atoms with van der Waals surface area (Å²) in [5, 5.41) is 9.64. The molecule has 0 radical (unpaired) electrons. The molecule has 0 amide bonds. The summed E-state index contributed by atoms with van der Waals surface area (Å²) in [6.07, 6.45) is 0. The fraction of sp³-hybridized carbons (Fsp3) is 0.455. The third-order valence-corrected chi connectivity index (χ3v) is 3.68. The van der Waals surface area contributed by atoms with Crippen molar-refractivity contribution >= 4 is 23.4 Å². The van der Waals surface area contributed by atoms with Gasteiger partial charge in [0.05, 0.1) is 11.6 Å². The Morgan fingerprint density at radius 3 is 2.64 bits per heavy atom. The molecule has 1 aromatic carbocycles. The highest BCUT2D eigenvalue weighted by atomic mass is 35.5. The first-order chi connectivity index (χ1) is 6.63. The fourth-order valence-corrected chi connectivity index (χ4v) is 2.26. The molecule has 0 unspecified atom stereocenters. The van der Waals surface area contributed by atoms with Crippen LogP contribution in [0, 0.1) is 5.92 Å². The highest BCUT2D eigenvalue weighted by Gasteiger charge is 2.03. The van der Waals surface area contributed by atoms with Gasteiger partial charge in [-0.25, -0.2) is 0 Å². The lowest BCUT2D eigenvalue weighted by molar-refractivity contribution is 0.282. The van der Waals surface area contributed by atoms with Gasteiger partial charge in [-0.2, -0.15) is 0 Å². The predicted octanol–water partition coefficient (Wildman–Crippen LogP) is 3.58. The molecular formula is C11H15ClOS. The molecule has 0 saturated heterocycles. The van der Waals surface area contributed by atoms with Crippen molar-refractivity contribution in [3.05, 3.63) is 28.8 Å². The van der Waals surface area contributed by atoms with Crippen molar-refractivity contribution in [3.63, 3.8) is 0 Å². The van der Waals surface area contributed by atoms with Crippen molar-refractivity contribution < 1.29 is 5.11 Å². The Balaban J connectivity index is 2.69. The van der Waals surface area contributed by atoms with Gasteiger partial charge in [-0.15, -0.1) is 11.8 Å². The van der Waals surface area contributed by atoms with E-state index in [-0.39, 0.29) is 6.61 Å². The number of aliphatic hydroxyl groups excluding tert-OH is 1. The van der Waals surface area contributed by atoms with Gasteiger partial charge < -0.3 is 5.11 Å². The van der Waals surface area contributed by atoms with Gasteiger partial charge in [0, 0.05) is 10.6 Å². The molecule has 0 aliphatic heterocycles. The number of rotatable bonds is 4. The molecule has 0 heterocycles. The molecule has 78 valence electrons. The van der Waals surface area contributed by atoms with E-state index in [0.29, 0.717) is 5.92 Å². The van der Waals surface area contributed by atoms with E-state index in [0.717, 1.165) is 21.2 Å². The highest BCUT2D eigenvalue weighted by molar-refractivity contribution is 7.99. The highest BCUT2D eigenvalue weighted by Crippen LogP contribution is 2.29. The summed E-state index contributed by atoms with van der Waals surface area (Å²) in [4.78, 5) is 1.09. The van der Waals surface area contributed by atoms with E-state index in [2.05, 4.69) is 13.8 Å². The van der Waals surface area contributed by atoms with Crippen molar-refractivity contribution in [3.8, 4) is 0 Å². The topological polar surface area (TPSA) is 20.2 Å². The molecule has 14 heavy (non-hydrogen) atoms. The third-order valence-electron chi connectivity index (χ3n) is 1.75. The van der Waals surface area contributed by atoms with Gasteiger partial charge in [-0.3, -0.25) is 0 Å². The van der Waals surface area contributed by atoms with E-state index in [4.69, 9.17) is 16.7 Å². The third kappa shape index (κ3) is 3.52. The zero-order chi connectivity index (χ0) is 10.6. The van der Waals surface area contributed by atoms with E-state index >= 15 is 0 Å². The van der Waals surface area contributed by atoms with Crippen LogP contribution in [-0.2, 0) is 6.61 Å². The quantitative estimate of drug-likeness (QED) is 0.798. The van der Waals surface area contributed by atoms with Gasteiger partial charge in [-0.1, -0.05) is 31.5 Å². The Morgan fingerprint density at radius 2 is 2.14 bits per heavy atom. The molecule has 0 bridgehead atoms. The molecule has 3 heteroatoms. The van der Waals surface area contributed by atoms with Crippen LogP contribution in [0.4, 0.5) is 0 Å². The molecule has 0 saturated carbocycles. The van der Waals surface area contributed by atoms with Crippen LogP contribution in [0.1, 0.15) is 19.4 Å². The summed E-state index contributed by atoms with van der Waals surface area (Å²) in [6.45, 7) is 4.42. The van der Waals surface area contributed by atoms with Crippen molar-refractivity contribution in [1.82, 2.24) is 0 Å². The number of hydrogen-bond donors (Lipinski definition) is 1. The van der Waals surface area contributed by atoms with E-state index in [1.807, 2.05) is 18.2 Å². The summed E-state index contributed by atoms with van der Waals surface area (Å²) >= 11 is 7.82. The Labute approximate surface area is 94.5 Å². The molecule has 1 nitrogen and oxygen atoms in total. The maximum Gasteiger partial charge on any atom is 0.0682 e. The second-order valence-corrected chi connectivity index (χ2v) is 5.10. The lowest BCUT2D eigenvalue weighted by atomic mass is 10.2. The molecule has 0 atom stereocenters. The average Bonchev–Trinajstić information content (AvgIpc) is 2.15. The predicted molar refractivity (Wildman–Crippen MR) is 62.9 cm³/mol. The van der Waals surface area contributed by atoms with Crippen LogP contribution in [0.5, 0.6) is 0 Å². The van der Waals surface area contributed by atoms with Crippen molar-refractivity contribution in [2.24, 2.45) is 5.92 Å². The molecule has 1 N–H and O–H groups in total. The lowest BCUT2D eigenvalue weighted by Gasteiger charge is -2.07. The minimum Gasteiger partial charge on any atom is -0.392 e. The minimum absolute atomic E-state index is 0.0504. The summed E-state index contributed by atoms with van der Waals surface area (Å²) in [5.41, 5.74) is 0.865. The van der Waals surface area contributed by atoms with E-state index in [1.165, 1.54) is 0 Å². The van der Waals surface area contributed by atoms with Gasteiger partial charge in [0.1, 0.15) is 0 Å². The largest absolute Gasteiger partial charge is 0.392 e. The lowest BCUT2D eigenvalue weighted by Crippen LogP contribution is -1.91. The monoisotopic (exact) mass is 230 g/mol. The first kappa shape index (κ1) is 11.9. The minimum atomic E-state index is 0.0504. The molecule has 0 aromatic heterocycles. The zero-order valence-corrected chi connectivity index (χ0v) is 10.0. The molecule has 0 spiro atoms. The smallest absolute Gasteiger partial charge is 0.0682 e. The van der Waals surface area contributed by atoms with Gasteiger partial charge in [0.15, 0.2) is 0 Å². The van der Waals surface area contributed by atoms with Crippen LogP contribution in [0.25, 0.3) is 0 Å². The molecule has 0 aliphatic carbocycles. The van der Waals surface area contributed by atoms with Crippen molar-refractivity contribution in [2.45, 2.75) is 25.3 Å². The summed E-state index contributed by atoms with van der Waals surface area (Å²) in [7, 11) is 0. The van der Waals surface area contributed by atoms with Crippen LogP contribution in [-0.4, -0.2) is 10.9 Å². The molecule has 0 fully saturated rings. The Bertz CT molecular complexity index is 299. The maximum absolute atomic E-state index is 8.91. The fourth-order valence-electron chi connectivity index (χ4n) is 1.02. The molecule has 1 aromatic rings. The van der Waals surface area contributed by atoms with Crippen LogP contribution in [0.3, 0.4) is 0 Å². The number of halogens is 1. The number of hydrogen-bond acceptors (Lipinski definition) is 2. The molecule has 1 rings (SSSR count). The normalized spacial score (nSPS) is 10.9. The molecule has 0 aliphatic rings. The second-order valence-electron chi connectivity index (χ2n) is 3.63. The Hall–Kier alpha value is -0.180. The summed E-state index contributed by atoms with van der Waals surface area (Å²) in [6, 6.07) is 5.71. The van der Waals surface area contributed by atoms with Gasteiger partial charge >= 0.3 is 0 Å². The van der Waals surface area contributed by atoms with E-state index < -0.39 is 0 Å². The van der Waals surface area contributed by atoms with E-state index in [9.17, 15) is 0 Å². The molecular weight excluding hydrogens is 216 g/mol. The number of aliphatic hydroxyl groups is 1. The van der Waals surface area contributed by atoms with Crippen molar-refractivity contribution in [2.75, 3.05) is 5.75 Å². The first-order valence-corrected chi connectivity index (χ1v) is 6.02. The number of thioether (sulfide) groups is 1. The Morgan fingerprint density at radius 1 is 1.43 bits per heavy atom. The summed E-state index contributed by atoms with van der Waals surface area (Å²) < 4.78 is 0. The SMILES string of the molecule is CC(C)CSc1ccc(CO)cc1Cl. The van der Waals surface area contributed by atoms with Crippen LogP contribution in [0.2, 0.25) is 5.02 Å². The van der Waals surface area contributed by atoms with Crippen LogP contribution < -0.4 is 0 Å². The average molecular weight is 231 g/mol. The van der Waals surface area contributed by atoms with Crippen LogP contribution in [0.15, 0.2) is 23.1 Å². The van der Waals surface area contributed by atoms with Gasteiger partial charge in [-0.05, 0) is 23.6 Å². The number of benzene rings is 1. The first-order valence-electron chi connectivity index (χ1n) is 4.65. The van der Waals surface area contributed by atoms with Gasteiger partial charge in [0.25, 0.3) is 0 Å². The van der Waals surface area contributed by atoms with E-state index in [1.54, 1.807) is 11.8 Å². The van der Waals surface area contributed by atoms with Gasteiger partial charge in [0.2, 0.25) is 0 Å². The maximum atomic E-state index is 8.91. The van der Waals surface area contributed by atoms with Crippen molar-refractivity contribution in [1.29, 1.82) is 0 Å². The summed E-state index contributed by atoms with van der Waals surface area (Å²) in [5.74, 6) is 1.73. The second kappa shape index (κ2) is 5.64. The Kier molecular flexibility index (Phi) is 4.79. The zero-order valence-electron chi connectivity index (χ0n) is 8.46. The standard InChI is InChI=1S/C11H15ClOS/c1-8(2)7-14-11-4-3-9(6-13)5-10(11)12/h3-5,8,13H,6-7H2,1-2H3.